The summed E-state index contributed by atoms with van der Waals surface area (Å²) in [5, 5.41) is 6.09. The maximum atomic E-state index is 5.32. The van der Waals surface area contributed by atoms with Crippen molar-refractivity contribution in [1.29, 1.82) is 0 Å². The van der Waals surface area contributed by atoms with Gasteiger partial charge in [0.15, 0.2) is 0 Å². The van der Waals surface area contributed by atoms with E-state index in [-0.39, 0.29) is 0 Å². The molecule has 0 atom stereocenters. The molecule has 6 heteroatoms. The Bertz CT molecular complexity index is 678. The summed E-state index contributed by atoms with van der Waals surface area (Å²) in [5.41, 5.74) is 2.14. The third-order valence-electron chi connectivity index (χ3n) is 2.46. The van der Waals surface area contributed by atoms with Crippen molar-refractivity contribution in [3.05, 3.63) is 39.0 Å². The molecule has 4 nitrogen and oxygen atoms in total. The predicted octanol–water partition coefficient (Wildman–Crippen LogP) is 3.77. The van der Waals surface area contributed by atoms with E-state index in [1.54, 1.807) is 23.7 Å². The second kappa shape index (κ2) is 4.77. The van der Waals surface area contributed by atoms with Crippen molar-refractivity contribution in [3.63, 3.8) is 0 Å². The van der Waals surface area contributed by atoms with E-state index in [1.807, 2.05) is 12.1 Å². The predicted molar refractivity (Wildman–Crippen MR) is 78.3 cm³/mol. The Morgan fingerprint density at radius 3 is 2.72 bits per heavy atom. The van der Waals surface area contributed by atoms with E-state index in [1.165, 1.54) is 9.13 Å². The summed E-state index contributed by atoms with van der Waals surface area (Å²) < 4.78 is 6.49. The fourth-order valence-corrected chi connectivity index (χ4v) is 3.35. The molecule has 0 radical (unpaired) electrons. The molecule has 3 heterocycles. The number of thiophene rings is 1. The molecule has 3 rings (SSSR count). The van der Waals surface area contributed by atoms with Gasteiger partial charge >= 0.3 is 0 Å². The lowest BCUT2D eigenvalue weighted by molar-refractivity contribution is 0.433. The molecule has 0 saturated carbocycles. The van der Waals surface area contributed by atoms with Gasteiger partial charge in [0.1, 0.15) is 4.88 Å². The summed E-state index contributed by atoms with van der Waals surface area (Å²) in [6.07, 6.45) is 3.43. The number of aryl methyl sites for hydroxylation is 1. The minimum atomic E-state index is 0.573. The molecule has 0 aliphatic heterocycles. The molecular weight excluding hydrogens is 361 g/mol. The normalized spacial score (nSPS) is 10.8. The number of rotatable bonds is 2. The third kappa shape index (κ3) is 2.05. The van der Waals surface area contributed by atoms with E-state index in [0.29, 0.717) is 11.7 Å². The third-order valence-corrected chi connectivity index (χ3v) is 5.30. The summed E-state index contributed by atoms with van der Waals surface area (Å²) in [6.45, 7) is 2.07. The zero-order valence-corrected chi connectivity index (χ0v) is 12.4. The smallest absolute Gasteiger partial charge is 0.269 e. The van der Waals surface area contributed by atoms with Gasteiger partial charge in [-0.25, -0.2) is 0 Å². The zero-order valence-electron chi connectivity index (χ0n) is 9.42. The first-order chi connectivity index (χ1) is 8.75. The van der Waals surface area contributed by atoms with Crippen LogP contribution in [0.15, 0.2) is 34.4 Å². The van der Waals surface area contributed by atoms with Gasteiger partial charge in [-0.2, -0.15) is 4.98 Å². The standard InChI is InChI=1S/C12H8IN3OS/c1-7-6-18-10(9(7)13)12-15-11(16-17-12)8-2-4-14-5-3-8/h2-6H,1H3. The molecule has 0 bridgehead atoms. The number of pyridine rings is 1. The topological polar surface area (TPSA) is 51.8 Å². The van der Waals surface area contributed by atoms with Crippen molar-refractivity contribution >= 4 is 33.9 Å². The minimum Gasteiger partial charge on any atom is -0.333 e. The molecule has 0 N–H and O–H groups in total. The molecule has 0 unspecified atom stereocenters. The molecule has 0 spiro atoms. The van der Waals surface area contributed by atoms with Gasteiger partial charge in [0, 0.05) is 21.5 Å². The first-order valence-corrected chi connectivity index (χ1v) is 7.19. The second-order valence-corrected chi connectivity index (χ2v) is 5.68. The molecule has 0 saturated heterocycles. The fraction of sp³-hybridized carbons (Fsp3) is 0.0833. The minimum absolute atomic E-state index is 0.573. The van der Waals surface area contributed by atoms with Crippen molar-refractivity contribution in [3.8, 4) is 22.2 Å². The lowest BCUT2D eigenvalue weighted by Gasteiger charge is -1.91. The zero-order chi connectivity index (χ0) is 12.5. The SMILES string of the molecule is Cc1csc(-c2nc(-c3ccncc3)no2)c1I. The van der Waals surface area contributed by atoms with Crippen LogP contribution in [-0.2, 0) is 0 Å². The largest absolute Gasteiger partial charge is 0.333 e. The van der Waals surface area contributed by atoms with Crippen molar-refractivity contribution in [2.45, 2.75) is 6.92 Å². The average Bonchev–Trinajstić information content (AvgIpc) is 3.00. The Kier molecular flexibility index (Phi) is 3.13. The molecule has 0 amide bonds. The fourth-order valence-electron chi connectivity index (χ4n) is 1.51. The quantitative estimate of drug-likeness (QED) is 0.646. The number of halogens is 1. The van der Waals surface area contributed by atoms with E-state index in [4.69, 9.17) is 4.52 Å². The van der Waals surface area contributed by atoms with Gasteiger partial charge in [0.25, 0.3) is 5.89 Å². The molecule has 0 aromatic carbocycles. The van der Waals surface area contributed by atoms with Crippen LogP contribution >= 0.6 is 33.9 Å². The molecule has 3 aromatic heterocycles. The summed E-state index contributed by atoms with van der Waals surface area (Å²) in [5.74, 6) is 1.17. The van der Waals surface area contributed by atoms with Crippen molar-refractivity contribution < 1.29 is 4.52 Å². The number of hydrogen-bond acceptors (Lipinski definition) is 5. The molecule has 0 aliphatic rings. The summed E-state index contributed by atoms with van der Waals surface area (Å²) in [7, 11) is 0. The maximum Gasteiger partial charge on any atom is 0.269 e. The highest BCUT2D eigenvalue weighted by Crippen LogP contribution is 2.33. The summed E-state index contributed by atoms with van der Waals surface area (Å²) in [6, 6.07) is 3.72. The van der Waals surface area contributed by atoms with Crippen LogP contribution in [0.1, 0.15) is 5.56 Å². The van der Waals surface area contributed by atoms with Gasteiger partial charge in [0.05, 0.1) is 0 Å². The van der Waals surface area contributed by atoms with E-state index in [9.17, 15) is 0 Å². The molecule has 0 fully saturated rings. The van der Waals surface area contributed by atoms with Crippen LogP contribution in [0.4, 0.5) is 0 Å². The van der Waals surface area contributed by atoms with Gasteiger partial charge < -0.3 is 4.52 Å². The van der Waals surface area contributed by atoms with Crippen LogP contribution < -0.4 is 0 Å². The second-order valence-electron chi connectivity index (χ2n) is 3.72. The number of aromatic nitrogens is 3. The Labute approximate surface area is 121 Å². The van der Waals surface area contributed by atoms with Crippen LogP contribution in [0.3, 0.4) is 0 Å². The Balaban J connectivity index is 2.02. The lowest BCUT2D eigenvalue weighted by Crippen LogP contribution is -1.81. The Morgan fingerprint density at radius 2 is 2.06 bits per heavy atom. The van der Waals surface area contributed by atoms with Crippen LogP contribution in [0.25, 0.3) is 22.2 Å². The summed E-state index contributed by atoms with van der Waals surface area (Å²) in [4.78, 5) is 9.42. The molecule has 18 heavy (non-hydrogen) atoms. The average molecular weight is 369 g/mol. The van der Waals surface area contributed by atoms with E-state index < -0.39 is 0 Å². The van der Waals surface area contributed by atoms with Crippen LogP contribution in [0.2, 0.25) is 0 Å². The van der Waals surface area contributed by atoms with Crippen LogP contribution in [0.5, 0.6) is 0 Å². The Hall–Kier alpha value is -1.28. The van der Waals surface area contributed by atoms with Crippen molar-refractivity contribution in [2.24, 2.45) is 0 Å². The van der Waals surface area contributed by atoms with Gasteiger partial charge in [-0.05, 0) is 52.6 Å². The van der Waals surface area contributed by atoms with E-state index in [0.717, 1.165) is 10.4 Å². The molecular formula is C12H8IN3OS. The monoisotopic (exact) mass is 369 g/mol. The Morgan fingerprint density at radius 1 is 1.28 bits per heavy atom. The van der Waals surface area contributed by atoms with E-state index in [2.05, 4.69) is 50.0 Å². The number of nitrogens with zero attached hydrogens (tertiary/aromatic N) is 3. The maximum absolute atomic E-state index is 5.32. The molecule has 0 aliphatic carbocycles. The summed E-state index contributed by atoms with van der Waals surface area (Å²) >= 11 is 3.92. The highest BCUT2D eigenvalue weighted by Gasteiger charge is 2.15. The highest BCUT2D eigenvalue weighted by molar-refractivity contribution is 14.1. The van der Waals surface area contributed by atoms with E-state index >= 15 is 0 Å². The first kappa shape index (κ1) is 11.8. The first-order valence-electron chi connectivity index (χ1n) is 5.24. The van der Waals surface area contributed by atoms with Gasteiger partial charge in [-0.3, -0.25) is 4.98 Å². The highest BCUT2D eigenvalue weighted by atomic mass is 127. The lowest BCUT2D eigenvalue weighted by atomic mass is 10.2. The van der Waals surface area contributed by atoms with Crippen molar-refractivity contribution in [1.82, 2.24) is 15.1 Å². The van der Waals surface area contributed by atoms with Gasteiger partial charge in [0.2, 0.25) is 5.82 Å². The molecule has 90 valence electrons. The van der Waals surface area contributed by atoms with Gasteiger partial charge in [-0.1, -0.05) is 5.16 Å². The van der Waals surface area contributed by atoms with Crippen molar-refractivity contribution in [2.75, 3.05) is 0 Å². The molecule has 3 aromatic rings. The van der Waals surface area contributed by atoms with Crippen LogP contribution in [-0.4, -0.2) is 15.1 Å². The van der Waals surface area contributed by atoms with Crippen LogP contribution in [0, 0.1) is 10.5 Å². The number of hydrogen-bond donors (Lipinski definition) is 0. The van der Waals surface area contributed by atoms with Gasteiger partial charge in [-0.15, -0.1) is 11.3 Å².